The number of non-ortho nitro benzene ring substituents is 1. The Morgan fingerprint density at radius 3 is 2.50 bits per heavy atom. The number of nitro benzene ring substituents is 1. The first-order chi connectivity index (χ1) is 15.6. The summed E-state index contributed by atoms with van der Waals surface area (Å²) in [6, 6.07) is 13.5. The molecule has 1 aliphatic rings. The van der Waals surface area contributed by atoms with Gasteiger partial charge in [0, 0.05) is 36.5 Å². The van der Waals surface area contributed by atoms with Crippen molar-refractivity contribution in [2.24, 2.45) is 5.10 Å². The SMILES string of the molecule is COc1ccccc1/C=N/Nc1nc(Nc2ccc([N+](=O)[O-])cc2)nc(N2CCCC2)n1. The van der Waals surface area contributed by atoms with Gasteiger partial charge in [0.2, 0.25) is 17.8 Å². The Hall–Kier alpha value is -4.28. The van der Waals surface area contributed by atoms with Gasteiger partial charge in [-0.1, -0.05) is 12.1 Å². The van der Waals surface area contributed by atoms with E-state index in [-0.39, 0.29) is 11.6 Å². The van der Waals surface area contributed by atoms with E-state index in [1.807, 2.05) is 24.3 Å². The van der Waals surface area contributed by atoms with Crippen LogP contribution in [0, 0.1) is 10.1 Å². The number of nitrogens with one attached hydrogen (secondary N) is 2. The number of hydrogen-bond donors (Lipinski definition) is 2. The summed E-state index contributed by atoms with van der Waals surface area (Å²) in [6.45, 7) is 1.73. The molecular weight excluding hydrogens is 412 g/mol. The maximum atomic E-state index is 10.9. The summed E-state index contributed by atoms with van der Waals surface area (Å²) in [4.78, 5) is 25.9. The summed E-state index contributed by atoms with van der Waals surface area (Å²) in [7, 11) is 1.60. The van der Waals surface area contributed by atoms with Gasteiger partial charge in [-0.3, -0.25) is 10.1 Å². The molecule has 2 aromatic carbocycles. The van der Waals surface area contributed by atoms with Crippen molar-refractivity contribution in [3.8, 4) is 5.75 Å². The first kappa shape index (κ1) is 21.0. The van der Waals surface area contributed by atoms with E-state index in [0.717, 1.165) is 31.5 Å². The van der Waals surface area contributed by atoms with E-state index in [1.165, 1.54) is 12.1 Å². The lowest BCUT2D eigenvalue weighted by Crippen LogP contribution is -2.21. The van der Waals surface area contributed by atoms with Crippen molar-refractivity contribution in [2.75, 3.05) is 35.8 Å². The molecule has 3 aromatic rings. The maximum absolute atomic E-state index is 10.9. The van der Waals surface area contributed by atoms with Crippen LogP contribution in [-0.4, -0.2) is 46.3 Å². The summed E-state index contributed by atoms with van der Waals surface area (Å²) in [6.07, 6.45) is 3.78. The first-order valence-electron chi connectivity index (χ1n) is 10.1. The Balaban J connectivity index is 1.56. The molecule has 0 aliphatic carbocycles. The summed E-state index contributed by atoms with van der Waals surface area (Å²) < 4.78 is 5.32. The molecule has 0 unspecified atom stereocenters. The molecule has 1 saturated heterocycles. The third-order valence-corrected chi connectivity index (χ3v) is 4.85. The minimum atomic E-state index is -0.444. The summed E-state index contributed by atoms with van der Waals surface area (Å²) in [5.74, 6) is 1.83. The van der Waals surface area contributed by atoms with Crippen LogP contribution in [0.25, 0.3) is 0 Å². The minimum absolute atomic E-state index is 0.0111. The Morgan fingerprint density at radius 2 is 1.78 bits per heavy atom. The molecule has 11 heteroatoms. The van der Waals surface area contributed by atoms with E-state index in [0.29, 0.717) is 23.3 Å². The van der Waals surface area contributed by atoms with Gasteiger partial charge in [-0.05, 0) is 37.1 Å². The quantitative estimate of drug-likeness (QED) is 0.310. The van der Waals surface area contributed by atoms with Crippen LogP contribution >= 0.6 is 0 Å². The molecule has 0 amide bonds. The maximum Gasteiger partial charge on any atom is 0.269 e. The lowest BCUT2D eigenvalue weighted by molar-refractivity contribution is -0.384. The average Bonchev–Trinajstić information content (AvgIpc) is 3.35. The third kappa shape index (κ3) is 5.06. The molecule has 1 aliphatic heterocycles. The zero-order valence-corrected chi connectivity index (χ0v) is 17.4. The van der Waals surface area contributed by atoms with Gasteiger partial charge in [-0.2, -0.15) is 20.1 Å². The molecular formula is C21H22N8O3. The second-order valence-corrected chi connectivity index (χ2v) is 7.02. The van der Waals surface area contributed by atoms with Crippen LogP contribution in [0.4, 0.5) is 29.2 Å². The van der Waals surface area contributed by atoms with Gasteiger partial charge in [0.15, 0.2) is 0 Å². The highest BCUT2D eigenvalue weighted by Gasteiger charge is 2.17. The number of methoxy groups -OCH3 is 1. The van der Waals surface area contributed by atoms with Gasteiger partial charge in [0.25, 0.3) is 5.69 Å². The number of nitro groups is 1. The van der Waals surface area contributed by atoms with Crippen molar-refractivity contribution in [1.29, 1.82) is 0 Å². The number of ether oxygens (including phenoxy) is 1. The number of aromatic nitrogens is 3. The van der Waals surface area contributed by atoms with Crippen LogP contribution in [0.1, 0.15) is 18.4 Å². The highest BCUT2D eigenvalue weighted by atomic mass is 16.6. The number of hydrazone groups is 1. The molecule has 0 spiro atoms. The first-order valence-corrected chi connectivity index (χ1v) is 10.1. The van der Waals surface area contributed by atoms with Gasteiger partial charge in [0.1, 0.15) is 5.75 Å². The number of rotatable bonds is 8. The fourth-order valence-corrected chi connectivity index (χ4v) is 3.26. The zero-order valence-electron chi connectivity index (χ0n) is 17.4. The molecule has 0 bridgehead atoms. The molecule has 11 nitrogen and oxygen atoms in total. The minimum Gasteiger partial charge on any atom is -0.496 e. The molecule has 4 rings (SSSR count). The van der Waals surface area contributed by atoms with Crippen molar-refractivity contribution >= 4 is 35.4 Å². The topological polar surface area (TPSA) is 131 Å². The van der Waals surface area contributed by atoms with Crippen LogP contribution in [0.5, 0.6) is 5.75 Å². The third-order valence-electron chi connectivity index (χ3n) is 4.85. The van der Waals surface area contributed by atoms with Crippen molar-refractivity contribution in [3.05, 3.63) is 64.2 Å². The summed E-state index contributed by atoms with van der Waals surface area (Å²) in [5, 5.41) is 18.2. The van der Waals surface area contributed by atoms with E-state index in [1.54, 1.807) is 25.5 Å². The van der Waals surface area contributed by atoms with E-state index >= 15 is 0 Å². The fraction of sp³-hybridized carbons (Fsp3) is 0.238. The van der Waals surface area contributed by atoms with E-state index < -0.39 is 4.92 Å². The van der Waals surface area contributed by atoms with Crippen LogP contribution in [0.15, 0.2) is 53.6 Å². The molecule has 0 saturated carbocycles. The van der Waals surface area contributed by atoms with Crippen LogP contribution in [0.3, 0.4) is 0 Å². The highest BCUT2D eigenvalue weighted by Crippen LogP contribution is 2.22. The van der Waals surface area contributed by atoms with Crippen molar-refractivity contribution in [1.82, 2.24) is 15.0 Å². The van der Waals surface area contributed by atoms with Gasteiger partial charge in [-0.25, -0.2) is 5.43 Å². The molecule has 0 radical (unpaired) electrons. The van der Waals surface area contributed by atoms with Crippen molar-refractivity contribution in [2.45, 2.75) is 12.8 Å². The number of benzene rings is 2. The number of nitrogens with zero attached hydrogens (tertiary/aromatic N) is 6. The average molecular weight is 434 g/mol. The normalized spacial score (nSPS) is 13.3. The largest absolute Gasteiger partial charge is 0.496 e. The lowest BCUT2D eigenvalue weighted by atomic mass is 10.2. The van der Waals surface area contributed by atoms with Crippen LogP contribution in [-0.2, 0) is 0 Å². The van der Waals surface area contributed by atoms with E-state index in [2.05, 4.69) is 35.7 Å². The molecule has 164 valence electrons. The van der Waals surface area contributed by atoms with E-state index in [9.17, 15) is 10.1 Å². The van der Waals surface area contributed by atoms with Gasteiger partial charge < -0.3 is 15.0 Å². The predicted octanol–water partition coefficient (Wildman–Crippen LogP) is 3.58. The summed E-state index contributed by atoms with van der Waals surface area (Å²) in [5.41, 5.74) is 4.29. The molecule has 32 heavy (non-hydrogen) atoms. The van der Waals surface area contributed by atoms with Crippen molar-refractivity contribution in [3.63, 3.8) is 0 Å². The second-order valence-electron chi connectivity index (χ2n) is 7.02. The molecule has 1 aromatic heterocycles. The second kappa shape index (κ2) is 9.69. The van der Waals surface area contributed by atoms with Gasteiger partial charge >= 0.3 is 0 Å². The number of anilines is 4. The van der Waals surface area contributed by atoms with Gasteiger partial charge in [0.05, 0.1) is 18.2 Å². The van der Waals surface area contributed by atoms with Crippen LogP contribution < -0.4 is 20.4 Å². The molecule has 2 N–H and O–H groups in total. The number of para-hydroxylation sites is 1. The Morgan fingerprint density at radius 1 is 1.06 bits per heavy atom. The Labute approximate surface area is 184 Å². The monoisotopic (exact) mass is 434 g/mol. The van der Waals surface area contributed by atoms with Crippen LogP contribution in [0.2, 0.25) is 0 Å². The predicted molar refractivity (Wildman–Crippen MR) is 122 cm³/mol. The zero-order chi connectivity index (χ0) is 22.3. The smallest absolute Gasteiger partial charge is 0.269 e. The Kier molecular flexibility index (Phi) is 6.35. The molecule has 2 heterocycles. The number of hydrogen-bond acceptors (Lipinski definition) is 10. The van der Waals surface area contributed by atoms with Crippen molar-refractivity contribution < 1.29 is 9.66 Å². The lowest BCUT2D eigenvalue weighted by Gasteiger charge is -2.16. The molecule has 1 fully saturated rings. The summed E-state index contributed by atoms with van der Waals surface area (Å²) >= 11 is 0. The highest BCUT2D eigenvalue weighted by molar-refractivity contribution is 5.83. The standard InChI is InChI=1S/C21H22N8O3/c1-32-18-7-3-2-6-15(18)14-22-27-20-24-19(25-21(26-20)28-12-4-5-13-28)23-16-8-10-17(11-9-16)29(30)31/h2-3,6-11,14H,4-5,12-13H2,1H3,(H2,23,24,25,26,27)/b22-14+. The molecule has 0 atom stereocenters. The van der Waals surface area contributed by atoms with E-state index in [4.69, 9.17) is 4.74 Å². The van der Waals surface area contributed by atoms with Gasteiger partial charge in [-0.15, -0.1) is 0 Å². The fourth-order valence-electron chi connectivity index (χ4n) is 3.26. The Bertz CT molecular complexity index is 1110.